The lowest BCUT2D eigenvalue weighted by atomic mass is 9.89. The lowest BCUT2D eigenvalue weighted by Gasteiger charge is -2.17. The monoisotopic (exact) mass is 395 g/mol. The highest BCUT2D eigenvalue weighted by Crippen LogP contribution is 2.34. The average Bonchev–Trinajstić information content (AvgIpc) is 3.07. The molecule has 2 atom stereocenters. The van der Waals surface area contributed by atoms with Crippen molar-refractivity contribution in [1.82, 2.24) is 4.90 Å². The Labute approximate surface area is 159 Å². The number of halogens is 3. The number of rotatable bonds is 5. The number of nitrogens with zero attached hydrogens (tertiary/aromatic N) is 1. The van der Waals surface area contributed by atoms with Gasteiger partial charge in [-0.3, -0.25) is 9.59 Å². The second-order valence-corrected chi connectivity index (χ2v) is 6.66. The minimum absolute atomic E-state index is 0.0292. The Balaban J connectivity index is 1.82. The molecule has 142 valence electrons. The van der Waals surface area contributed by atoms with Gasteiger partial charge in [0.05, 0.1) is 5.92 Å². The average molecular weight is 396 g/mol. The van der Waals surface area contributed by atoms with Crippen LogP contribution in [-0.4, -0.2) is 41.6 Å². The quantitative estimate of drug-likeness (QED) is 0.834. The minimum Gasteiger partial charge on any atom is -0.481 e. The van der Waals surface area contributed by atoms with Gasteiger partial charge in [0.2, 0.25) is 0 Å². The number of carboxylic acids is 1. The number of likely N-dealkylation sites (tertiary alicyclic amines) is 1. The number of carboxylic acid groups (broad SMARTS) is 1. The minimum atomic E-state index is -2.99. The van der Waals surface area contributed by atoms with Crippen molar-refractivity contribution < 1.29 is 28.2 Å². The van der Waals surface area contributed by atoms with Crippen molar-refractivity contribution in [3.8, 4) is 5.75 Å². The van der Waals surface area contributed by atoms with Gasteiger partial charge in [0.25, 0.3) is 5.91 Å². The van der Waals surface area contributed by atoms with Gasteiger partial charge in [-0.05, 0) is 35.9 Å². The van der Waals surface area contributed by atoms with Crippen LogP contribution in [0.4, 0.5) is 8.78 Å². The normalized spacial score (nSPS) is 19.3. The van der Waals surface area contributed by atoms with Crippen LogP contribution in [0, 0.1) is 5.92 Å². The summed E-state index contributed by atoms with van der Waals surface area (Å²) in [6.45, 7) is -2.76. The first-order valence-electron chi connectivity index (χ1n) is 8.17. The predicted molar refractivity (Wildman–Crippen MR) is 94.3 cm³/mol. The van der Waals surface area contributed by atoms with Crippen LogP contribution in [0.5, 0.6) is 5.75 Å². The SMILES string of the molecule is O=C(O)[C@@H]1CN(C(=O)c2cccc(OC(F)F)c2)C[C@H]1c1ccc(Cl)cc1. The third kappa shape index (κ3) is 4.36. The maximum atomic E-state index is 12.8. The number of amides is 1. The van der Waals surface area contributed by atoms with E-state index in [4.69, 9.17) is 11.6 Å². The van der Waals surface area contributed by atoms with Crippen molar-refractivity contribution in [3.63, 3.8) is 0 Å². The zero-order valence-corrected chi connectivity index (χ0v) is 14.8. The molecule has 0 spiro atoms. The molecule has 1 aliphatic rings. The molecule has 1 fully saturated rings. The number of ether oxygens (including phenoxy) is 1. The fourth-order valence-corrected chi connectivity index (χ4v) is 3.38. The summed E-state index contributed by atoms with van der Waals surface area (Å²) in [6, 6.07) is 12.3. The lowest BCUT2D eigenvalue weighted by molar-refractivity contribution is -0.141. The highest BCUT2D eigenvalue weighted by atomic mass is 35.5. The van der Waals surface area contributed by atoms with Gasteiger partial charge < -0.3 is 14.7 Å². The molecule has 1 heterocycles. The Morgan fingerprint density at radius 3 is 2.48 bits per heavy atom. The molecule has 1 saturated heterocycles. The number of hydrogen-bond donors (Lipinski definition) is 1. The van der Waals surface area contributed by atoms with Crippen LogP contribution in [-0.2, 0) is 4.79 Å². The van der Waals surface area contributed by atoms with Crippen molar-refractivity contribution in [2.75, 3.05) is 13.1 Å². The maximum Gasteiger partial charge on any atom is 0.387 e. The van der Waals surface area contributed by atoms with E-state index >= 15 is 0 Å². The third-order valence-electron chi connectivity index (χ3n) is 4.53. The second-order valence-electron chi connectivity index (χ2n) is 6.22. The summed E-state index contributed by atoms with van der Waals surface area (Å²) in [4.78, 5) is 25.8. The highest BCUT2D eigenvalue weighted by Gasteiger charge is 2.40. The number of benzene rings is 2. The van der Waals surface area contributed by atoms with Crippen LogP contribution >= 0.6 is 11.6 Å². The van der Waals surface area contributed by atoms with E-state index in [1.807, 2.05) is 0 Å². The molecular weight excluding hydrogens is 380 g/mol. The maximum absolute atomic E-state index is 12.8. The van der Waals surface area contributed by atoms with E-state index in [1.54, 1.807) is 24.3 Å². The number of carbonyl (C=O) groups is 2. The molecule has 0 saturated carbocycles. The van der Waals surface area contributed by atoms with Gasteiger partial charge in [-0.15, -0.1) is 0 Å². The second kappa shape index (κ2) is 7.92. The third-order valence-corrected chi connectivity index (χ3v) is 4.78. The summed E-state index contributed by atoms with van der Waals surface area (Å²) >= 11 is 5.88. The van der Waals surface area contributed by atoms with Gasteiger partial charge in [0.15, 0.2) is 0 Å². The largest absolute Gasteiger partial charge is 0.481 e. The Morgan fingerprint density at radius 1 is 1.15 bits per heavy atom. The van der Waals surface area contributed by atoms with E-state index < -0.39 is 24.4 Å². The topological polar surface area (TPSA) is 66.8 Å². The van der Waals surface area contributed by atoms with Crippen molar-refractivity contribution in [2.24, 2.45) is 5.92 Å². The van der Waals surface area contributed by atoms with Crippen LogP contribution in [0.15, 0.2) is 48.5 Å². The zero-order chi connectivity index (χ0) is 19.6. The van der Waals surface area contributed by atoms with E-state index in [0.717, 1.165) is 5.56 Å². The van der Waals surface area contributed by atoms with Gasteiger partial charge in [-0.2, -0.15) is 8.78 Å². The molecule has 3 rings (SSSR count). The summed E-state index contributed by atoms with van der Waals surface area (Å²) in [7, 11) is 0. The van der Waals surface area contributed by atoms with Crippen molar-refractivity contribution in [1.29, 1.82) is 0 Å². The molecule has 0 bridgehead atoms. The van der Waals surface area contributed by atoms with Gasteiger partial charge in [-0.25, -0.2) is 0 Å². The summed E-state index contributed by atoms with van der Waals surface area (Å²) in [5, 5.41) is 10.1. The van der Waals surface area contributed by atoms with Crippen LogP contribution in [0.25, 0.3) is 0 Å². The summed E-state index contributed by atoms with van der Waals surface area (Å²) in [5.74, 6) is -2.71. The number of carbonyl (C=O) groups excluding carboxylic acids is 1. The summed E-state index contributed by atoms with van der Waals surface area (Å²) < 4.78 is 29.1. The fraction of sp³-hybridized carbons (Fsp3) is 0.263. The number of aliphatic carboxylic acids is 1. The number of alkyl halides is 2. The van der Waals surface area contributed by atoms with Crippen LogP contribution in [0.1, 0.15) is 21.8 Å². The smallest absolute Gasteiger partial charge is 0.387 e. The van der Waals surface area contributed by atoms with E-state index in [-0.39, 0.29) is 30.3 Å². The Kier molecular flexibility index (Phi) is 5.60. The van der Waals surface area contributed by atoms with Crippen LogP contribution in [0.3, 0.4) is 0 Å². The van der Waals surface area contributed by atoms with E-state index in [9.17, 15) is 23.5 Å². The molecule has 2 aromatic carbocycles. The molecule has 1 amide bonds. The molecule has 0 aliphatic carbocycles. The van der Waals surface area contributed by atoms with Gasteiger partial charge >= 0.3 is 12.6 Å². The zero-order valence-electron chi connectivity index (χ0n) is 14.0. The van der Waals surface area contributed by atoms with Crippen molar-refractivity contribution >= 4 is 23.5 Å². The Morgan fingerprint density at radius 2 is 1.85 bits per heavy atom. The molecule has 1 aliphatic heterocycles. The van der Waals surface area contributed by atoms with Gasteiger partial charge in [-0.1, -0.05) is 29.8 Å². The van der Waals surface area contributed by atoms with E-state index in [1.165, 1.54) is 29.2 Å². The van der Waals surface area contributed by atoms with Crippen LogP contribution in [0.2, 0.25) is 5.02 Å². The molecule has 1 N–H and O–H groups in total. The van der Waals surface area contributed by atoms with Crippen molar-refractivity contribution in [3.05, 3.63) is 64.7 Å². The fourth-order valence-electron chi connectivity index (χ4n) is 3.26. The molecule has 2 aromatic rings. The lowest BCUT2D eigenvalue weighted by Crippen LogP contribution is -2.29. The number of hydrogen-bond acceptors (Lipinski definition) is 3. The molecule has 0 aromatic heterocycles. The predicted octanol–water partition coefficient (Wildman–Crippen LogP) is 3.88. The molecule has 0 unspecified atom stereocenters. The first kappa shape index (κ1) is 19.1. The first-order chi connectivity index (χ1) is 12.8. The molecule has 5 nitrogen and oxygen atoms in total. The van der Waals surface area contributed by atoms with Crippen LogP contribution < -0.4 is 4.74 Å². The molecular formula is C19H16ClF2NO4. The summed E-state index contributed by atoms with van der Waals surface area (Å²) in [5.41, 5.74) is 0.936. The standard InChI is InChI=1S/C19H16ClF2NO4/c20-13-6-4-11(5-7-13)15-9-23(10-16(15)18(25)26)17(24)12-2-1-3-14(8-12)27-19(21)22/h1-8,15-16,19H,9-10H2,(H,25,26)/t15-,16+/m0/s1. The molecule has 0 radical (unpaired) electrons. The Hall–Kier alpha value is -2.67. The van der Waals surface area contributed by atoms with Gasteiger partial charge in [0, 0.05) is 29.6 Å². The molecule has 27 heavy (non-hydrogen) atoms. The summed E-state index contributed by atoms with van der Waals surface area (Å²) in [6.07, 6.45) is 0. The van der Waals surface area contributed by atoms with Gasteiger partial charge in [0.1, 0.15) is 5.75 Å². The first-order valence-corrected chi connectivity index (χ1v) is 8.55. The Bertz CT molecular complexity index is 844. The van der Waals surface area contributed by atoms with E-state index in [2.05, 4.69) is 4.74 Å². The van der Waals surface area contributed by atoms with Crippen molar-refractivity contribution in [2.45, 2.75) is 12.5 Å². The van der Waals surface area contributed by atoms with E-state index in [0.29, 0.717) is 5.02 Å². The highest BCUT2D eigenvalue weighted by molar-refractivity contribution is 6.30. The molecule has 8 heteroatoms.